The summed E-state index contributed by atoms with van der Waals surface area (Å²) in [5.41, 5.74) is 3.37. The minimum Gasteiger partial charge on any atom is -0.392 e. The van der Waals surface area contributed by atoms with Crippen LogP contribution in [0.3, 0.4) is 0 Å². The Bertz CT molecular complexity index is 1090. The number of thioether (sulfide) groups is 1. The summed E-state index contributed by atoms with van der Waals surface area (Å²) in [7, 11) is 1.80. The van der Waals surface area contributed by atoms with E-state index < -0.39 is 6.29 Å². The number of carbonyl (C=O) groups is 1. The molecule has 1 fully saturated rings. The smallest absolute Gasteiger partial charge is 0.221 e. The number of rotatable bonds is 7. The van der Waals surface area contributed by atoms with E-state index >= 15 is 0 Å². The first-order valence-corrected chi connectivity index (χ1v) is 11.7. The topological polar surface area (TPSA) is 111 Å². The van der Waals surface area contributed by atoms with E-state index in [9.17, 15) is 9.90 Å². The Morgan fingerprint density at radius 2 is 1.97 bits per heavy atom. The van der Waals surface area contributed by atoms with Crippen LogP contribution in [0.1, 0.15) is 42.9 Å². The molecule has 9 nitrogen and oxygen atoms in total. The molecule has 174 valence electrons. The maximum atomic E-state index is 11.5. The Morgan fingerprint density at radius 1 is 1.18 bits per heavy atom. The molecule has 1 amide bonds. The van der Waals surface area contributed by atoms with Gasteiger partial charge in [0.15, 0.2) is 6.29 Å². The van der Waals surface area contributed by atoms with Crippen LogP contribution in [0.15, 0.2) is 53.7 Å². The number of aromatic nitrogens is 4. The van der Waals surface area contributed by atoms with Gasteiger partial charge >= 0.3 is 0 Å². The molecule has 0 saturated carbocycles. The normalized spacial score (nSPS) is 22.8. The van der Waals surface area contributed by atoms with Gasteiger partial charge in [-0.25, -0.2) is 4.68 Å². The van der Waals surface area contributed by atoms with Gasteiger partial charge in [0.2, 0.25) is 11.1 Å². The number of hydrogen-bond donors (Lipinski definition) is 2. The number of nitrogens with one attached hydrogen (secondary N) is 1. The summed E-state index contributed by atoms with van der Waals surface area (Å²) in [6.45, 7) is 3.57. The van der Waals surface area contributed by atoms with Gasteiger partial charge in [0.1, 0.15) is 0 Å². The van der Waals surface area contributed by atoms with E-state index in [4.69, 9.17) is 9.47 Å². The number of aliphatic hydroxyl groups excluding tert-OH is 1. The highest BCUT2D eigenvalue weighted by Crippen LogP contribution is 2.43. The van der Waals surface area contributed by atoms with E-state index in [1.54, 1.807) is 11.7 Å². The van der Waals surface area contributed by atoms with Crippen LogP contribution in [0.5, 0.6) is 0 Å². The van der Waals surface area contributed by atoms with Gasteiger partial charge in [0, 0.05) is 36.9 Å². The Kier molecular flexibility index (Phi) is 7.39. The van der Waals surface area contributed by atoms with Gasteiger partial charge in [0.25, 0.3) is 0 Å². The lowest BCUT2D eigenvalue weighted by molar-refractivity contribution is -0.268. The molecule has 4 rings (SSSR count). The third-order valence-electron chi connectivity index (χ3n) is 5.56. The van der Waals surface area contributed by atoms with Gasteiger partial charge in [-0.2, -0.15) is 0 Å². The molecule has 1 aliphatic rings. The summed E-state index contributed by atoms with van der Waals surface area (Å²) in [5, 5.41) is 24.6. The van der Waals surface area contributed by atoms with Crippen molar-refractivity contribution in [2.45, 2.75) is 44.1 Å². The monoisotopic (exact) mass is 469 g/mol. The standard InChI is InChI=1S/C23H27N5O4S/c1-14-20(13-33-23-25-26-27-28(23)3)31-22(18-5-4-6-19(11-18)24-15(2)30)32-21(14)17-9-7-16(12-29)8-10-17/h4-11,14,20-22,29H,12-13H2,1-3H3,(H,24,30). The highest BCUT2D eigenvalue weighted by Gasteiger charge is 2.38. The van der Waals surface area contributed by atoms with Crippen molar-refractivity contribution in [3.05, 3.63) is 65.2 Å². The van der Waals surface area contributed by atoms with Gasteiger partial charge < -0.3 is 19.9 Å². The molecule has 33 heavy (non-hydrogen) atoms. The van der Waals surface area contributed by atoms with Crippen molar-refractivity contribution >= 4 is 23.4 Å². The lowest BCUT2D eigenvalue weighted by atomic mass is 9.91. The highest BCUT2D eigenvalue weighted by molar-refractivity contribution is 7.99. The molecule has 0 spiro atoms. The molecule has 0 bridgehead atoms. The lowest BCUT2D eigenvalue weighted by Gasteiger charge is -2.41. The number of amides is 1. The van der Waals surface area contributed by atoms with E-state index in [0.717, 1.165) is 16.7 Å². The molecule has 2 heterocycles. The molecule has 2 aromatic carbocycles. The van der Waals surface area contributed by atoms with Crippen LogP contribution in [0.25, 0.3) is 0 Å². The Morgan fingerprint density at radius 3 is 2.64 bits per heavy atom. The predicted molar refractivity (Wildman–Crippen MR) is 123 cm³/mol. The van der Waals surface area contributed by atoms with Crippen molar-refractivity contribution in [2.75, 3.05) is 11.1 Å². The van der Waals surface area contributed by atoms with E-state index in [1.807, 2.05) is 48.5 Å². The van der Waals surface area contributed by atoms with E-state index in [1.165, 1.54) is 18.7 Å². The summed E-state index contributed by atoms with van der Waals surface area (Å²) in [5.74, 6) is 0.555. The van der Waals surface area contributed by atoms with Gasteiger partial charge in [-0.15, -0.1) is 5.10 Å². The molecule has 4 unspecified atom stereocenters. The quantitative estimate of drug-likeness (QED) is 0.507. The number of hydrogen-bond acceptors (Lipinski definition) is 8. The maximum absolute atomic E-state index is 11.5. The fourth-order valence-electron chi connectivity index (χ4n) is 3.78. The molecule has 0 radical (unpaired) electrons. The van der Waals surface area contributed by atoms with Crippen LogP contribution in [0.2, 0.25) is 0 Å². The maximum Gasteiger partial charge on any atom is 0.221 e. The summed E-state index contributed by atoms with van der Waals surface area (Å²) < 4.78 is 14.5. The predicted octanol–water partition coefficient (Wildman–Crippen LogP) is 3.24. The van der Waals surface area contributed by atoms with Gasteiger partial charge in [-0.1, -0.05) is 55.1 Å². The number of benzene rings is 2. The molecular formula is C23H27N5O4S. The van der Waals surface area contributed by atoms with Crippen LogP contribution in [-0.4, -0.2) is 43.1 Å². The molecule has 1 aliphatic heterocycles. The van der Waals surface area contributed by atoms with Gasteiger partial charge in [0.05, 0.1) is 18.8 Å². The molecule has 10 heteroatoms. The number of anilines is 1. The van der Waals surface area contributed by atoms with E-state index in [0.29, 0.717) is 16.6 Å². The average molecular weight is 470 g/mol. The van der Waals surface area contributed by atoms with Crippen molar-refractivity contribution in [3.63, 3.8) is 0 Å². The second-order valence-corrected chi connectivity index (χ2v) is 9.01. The largest absolute Gasteiger partial charge is 0.392 e. The minimum absolute atomic E-state index is 0.00592. The van der Waals surface area contributed by atoms with Crippen LogP contribution in [-0.2, 0) is 27.9 Å². The molecule has 0 aliphatic carbocycles. The highest BCUT2D eigenvalue weighted by atomic mass is 32.2. The summed E-state index contributed by atoms with van der Waals surface area (Å²) in [4.78, 5) is 11.5. The first-order chi connectivity index (χ1) is 15.9. The molecule has 2 N–H and O–H groups in total. The zero-order valence-corrected chi connectivity index (χ0v) is 19.5. The zero-order chi connectivity index (χ0) is 23.4. The number of ether oxygens (including phenoxy) is 2. The van der Waals surface area contributed by atoms with Crippen LogP contribution in [0.4, 0.5) is 5.69 Å². The molecule has 1 saturated heterocycles. The molecule has 4 atom stereocenters. The third kappa shape index (κ3) is 5.59. The first-order valence-electron chi connectivity index (χ1n) is 10.7. The lowest BCUT2D eigenvalue weighted by Crippen LogP contribution is -2.38. The number of aliphatic hydroxyl groups is 1. The minimum atomic E-state index is -0.611. The number of tetrazole rings is 1. The van der Waals surface area contributed by atoms with E-state index in [2.05, 4.69) is 27.8 Å². The van der Waals surface area contributed by atoms with Gasteiger partial charge in [-0.3, -0.25) is 4.79 Å². The van der Waals surface area contributed by atoms with E-state index in [-0.39, 0.29) is 30.6 Å². The number of aryl methyl sites for hydroxylation is 1. The second-order valence-electron chi connectivity index (χ2n) is 8.02. The third-order valence-corrected chi connectivity index (χ3v) is 6.66. The van der Waals surface area contributed by atoms with Crippen LogP contribution >= 0.6 is 11.8 Å². The van der Waals surface area contributed by atoms with Crippen molar-refractivity contribution < 1.29 is 19.4 Å². The fraction of sp³-hybridized carbons (Fsp3) is 0.391. The van der Waals surface area contributed by atoms with Crippen molar-refractivity contribution in [2.24, 2.45) is 13.0 Å². The molecular weight excluding hydrogens is 442 g/mol. The van der Waals surface area contributed by atoms with Crippen molar-refractivity contribution in [3.8, 4) is 0 Å². The van der Waals surface area contributed by atoms with Crippen molar-refractivity contribution in [1.29, 1.82) is 0 Å². The Balaban J connectivity index is 1.60. The Labute approximate surface area is 196 Å². The molecule has 3 aromatic rings. The number of carbonyl (C=O) groups excluding carboxylic acids is 1. The SMILES string of the molecule is CC(=O)Nc1cccc(C2OC(CSc3nnnn3C)C(C)C(c3ccc(CO)cc3)O2)c1. The summed E-state index contributed by atoms with van der Waals surface area (Å²) >= 11 is 1.53. The first kappa shape index (κ1) is 23.4. The zero-order valence-electron chi connectivity index (χ0n) is 18.7. The van der Waals surface area contributed by atoms with Crippen LogP contribution < -0.4 is 5.32 Å². The van der Waals surface area contributed by atoms with Crippen LogP contribution in [0, 0.1) is 5.92 Å². The Hall–Kier alpha value is -2.79. The van der Waals surface area contributed by atoms with Gasteiger partial charge in [-0.05, 0) is 33.7 Å². The second kappa shape index (κ2) is 10.4. The molecule has 1 aromatic heterocycles. The average Bonchev–Trinajstić information content (AvgIpc) is 3.23. The van der Waals surface area contributed by atoms with Crippen molar-refractivity contribution in [1.82, 2.24) is 20.2 Å². The summed E-state index contributed by atoms with van der Waals surface area (Å²) in [6.07, 6.45) is -0.970. The fourth-order valence-corrected chi connectivity index (χ4v) is 4.79. The number of nitrogens with zero attached hydrogens (tertiary/aromatic N) is 4. The summed E-state index contributed by atoms with van der Waals surface area (Å²) in [6, 6.07) is 15.3.